The van der Waals surface area contributed by atoms with Gasteiger partial charge in [0.15, 0.2) is 0 Å². The number of hydrogen-bond acceptors (Lipinski definition) is 4. The fourth-order valence-corrected chi connectivity index (χ4v) is 3.56. The molecule has 0 spiro atoms. The van der Waals surface area contributed by atoms with Crippen molar-refractivity contribution >= 4 is 40.7 Å². The van der Waals surface area contributed by atoms with Crippen molar-refractivity contribution in [3.05, 3.63) is 51.2 Å². The molecule has 0 unspecified atom stereocenters. The molecule has 0 aliphatic heterocycles. The van der Waals surface area contributed by atoms with Gasteiger partial charge in [-0.1, -0.05) is 26.0 Å². The molecule has 0 atom stereocenters. The predicted molar refractivity (Wildman–Crippen MR) is 96.8 cm³/mol. The Morgan fingerprint density at radius 1 is 1.22 bits per heavy atom. The van der Waals surface area contributed by atoms with Gasteiger partial charge in [0.25, 0.3) is 5.91 Å². The first-order valence-corrected chi connectivity index (χ1v) is 9.09. The van der Waals surface area contributed by atoms with Crippen molar-refractivity contribution in [2.45, 2.75) is 31.8 Å². The maximum Gasteiger partial charge on any atom is 0.345 e. The van der Waals surface area contributed by atoms with Gasteiger partial charge in [-0.3, -0.25) is 4.79 Å². The number of hydrogen-bond donors (Lipinski definition) is 2. The van der Waals surface area contributed by atoms with E-state index in [4.69, 9.17) is 5.11 Å². The summed E-state index contributed by atoms with van der Waals surface area (Å²) in [5.74, 6) is -0.396. The van der Waals surface area contributed by atoms with Crippen LogP contribution in [0.4, 0.5) is 5.69 Å². The van der Waals surface area contributed by atoms with E-state index in [0.717, 1.165) is 28.3 Å². The molecule has 2 rings (SSSR count). The lowest BCUT2D eigenvalue weighted by molar-refractivity contribution is 0.0702. The largest absolute Gasteiger partial charge is 0.477 e. The molecule has 6 heteroatoms. The standard InChI is InChI=1S/C17H19NO3S2/c1-10(2)22-9-12-5-4-6-13(11(12)3)18-16(19)14-7-8-15(23-14)17(20)21/h4-8,10H,9H2,1-3H3,(H,18,19)(H,20,21). The third-order valence-electron chi connectivity index (χ3n) is 3.31. The molecule has 0 radical (unpaired) electrons. The average Bonchev–Trinajstić information content (AvgIpc) is 2.98. The molecule has 0 saturated heterocycles. The number of anilines is 1. The smallest absolute Gasteiger partial charge is 0.345 e. The van der Waals surface area contributed by atoms with E-state index in [1.54, 1.807) is 0 Å². The van der Waals surface area contributed by atoms with Crippen LogP contribution >= 0.6 is 23.1 Å². The average molecular weight is 349 g/mol. The van der Waals surface area contributed by atoms with Crippen LogP contribution in [0.15, 0.2) is 30.3 Å². The van der Waals surface area contributed by atoms with Crippen LogP contribution in [0.3, 0.4) is 0 Å². The van der Waals surface area contributed by atoms with E-state index >= 15 is 0 Å². The quantitative estimate of drug-likeness (QED) is 0.797. The molecule has 23 heavy (non-hydrogen) atoms. The van der Waals surface area contributed by atoms with E-state index in [1.165, 1.54) is 17.7 Å². The minimum absolute atomic E-state index is 0.161. The maximum absolute atomic E-state index is 12.3. The molecule has 0 aliphatic carbocycles. The van der Waals surface area contributed by atoms with Gasteiger partial charge < -0.3 is 10.4 Å². The summed E-state index contributed by atoms with van der Waals surface area (Å²) < 4.78 is 0. The van der Waals surface area contributed by atoms with E-state index in [1.807, 2.05) is 30.8 Å². The van der Waals surface area contributed by atoms with Crippen LogP contribution in [0.25, 0.3) is 0 Å². The summed E-state index contributed by atoms with van der Waals surface area (Å²) in [7, 11) is 0. The Bertz CT molecular complexity index is 722. The van der Waals surface area contributed by atoms with Gasteiger partial charge in [0, 0.05) is 11.4 Å². The topological polar surface area (TPSA) is 66.4 Å². The summed E-state index contributed by atoms with van der Waals surface area (Å²) >= 11 is 2.83. The van der Waals surface area contributed by atoms with Gasteiger partial charge in [-0.05, 0) is 41.5 Å². The van der Waals surface area contributed by atoms with Crippen molar-refractivity contribution in [3.63, 3.8) is 0 Å². The number of aromatic carboxylic acids is 1. The fraction of sp³-hybridized carbons (Fsp3) is 0.294. The van der Waals surface area contributed by atoms with Gasteiger partial charge in [0.1, 0.15) is 4.88 Å². The van der Waals surface area contributed by atoms with Crippen molar-refractivity contribution in [2.75, 3.05) is 5.32 Å². The zero-order valence-electron chi connectivity index (χ0n) is 13.3. The normalized spacial score (nSPS) is 10.8. The van der Waals surface area contributed by atoms with E-state index in [-0.39, 0.29) is 10.8 Å². The highest BCUT2D eigenvalue weighted by Gasteiger charge is 2.14. The summed E-state index contributed by atoms with van der Waals surface area (Å²) in [6.07, 6.45) is 0. The number of carbonyl (C=O) groups excluding carboxylic acids is 1. The first-order chi connectivity index (χ1) is 10.9. The molecule has 0 aliphatic rings. The Hall–Kier alpha value is -1.79. The van der Waals surface area contributed by atoms with Crippen molar-refractivity contribution in [1.82, 2.24) is 0 Å². The molecule has 2 aromatic rings. The summed E-state index contributed by atoms with van der Waals surface area (Å²) in [4.78, 5) is 23.7. The number of rotatable bonds is 6. The number of carboxylic acid groups (broad SMARTS) is 1. The van der Waals surface area contributed by atoms with E-state index in [9.17, 15) is 9.59 Å². The second kappa shape index (κ2) is 7.66. The van der Waals surface area contributed by atoms with Crippen LogP contribution in [-0.2, 0) is 5.75 Å². The molecule has 1 aromatic heterocycles. The minimum Gasteiger partial charge on any atom is -0.477 e. The molecular weight excluding hydrogens is 330 g/mol. The predicted octanol–water partition coefficient (Wildman–Crippen LogP) is 4.65. The van der Waals surface area contributed by atoms with Gasteiger partial charge in [-0.15, -0.1) is 11.3 Å². The third kappa shape index (κ3) is 4.59. The van der Waals surface area contributed by atoms with Gasteiger partial charge >= 0.3 is 5.97 Å². The summed E-state index contributed by atoms with van der Waals surface area (Å²) in [6.45, 7) is 6.30. The fourth-order valence-electron chi connectivity index (χ4n) is 1.99. The summed E-state index contributed by atoms with van der Waals surface area (Å²) in [5, 5.41) is 12.4. The van der Waals surface area contributed by atoms with Crippen LogP contribution in [0, 0.1) is 6.92 Å². The number of thioether (sulfide) groups is 1. The minimum atomic E-state index is -1.02. The Balaban J connectivity index is 2.14. The third-order valence-corrected chi connectivity index (χ3v) is 5.52. The van der Waals surface area contributed by atoms with Gasteiger partial charge in [-0.2, -0.15) is 11.8 Å². The lowest BCUT2D eigenvalue weighted by Crippen LogP contribution is -2.11. The zero-order valence-corrected chi connectivity index (χ0v) is 14.9. The molecular formula is C17H19NO3S2. The number of carboxylic acids is 1. The van der Waals surface area contributed by atoms with Crippen LogP contribution in [0.1, 0.15) is 44.3 Å². The Kier molecular flexibility index (Phi) is 5.85. The van der Waals surface area contributed by atoms with Crippen LogP contribution in [-0.4, -0.2) is 22.2 Å². The van der Waals surface area contributed by atoms with Crippen molar-refractivity contribution in [1.29, 1.82) is 0 Å². The number of thiophene rings is 1. The van der Waals surface area contributed by atoms with Crippen LogP contribution in [0.2, 0.25) is 0 Å². The zero-order chi connectivity index (χ0) is 17.0. The van der Waals surface area contributed by atoms with Crippen LogP contribution < -0.4 is 5.32 Å². The van der Waals surface area contributed by atoms with Gasteiger partial charge in [0.05, 0.1) is 4.88 Å². The van der Waals surface area contributed by atoms with Crippen molar-refractivity contribution in [2.24, 2.45) is 0 Å². The number of nitrogens with one attached hydrogen (secondary N) is 1. The molecule has 1 heterocycles. The summed E-state index contributed by atoms with van der Waals surface area (Å²) in [6, 6.07) is 8.84. The van der Waals surface area contributed by atoms with Crippen LogP contribution in [0.5, 0.6) is 0 Å². The molecule has 0 fully saturated rings. The van der Waals surface area contributed by atoms with E-state index < -0.39 is 5.97 Å². The number of amides is 1. The van der Waals surface area contributed by atoms with E-state index in [2.05, 4.69) is 25.2 Å². The first kappa shape index (κ1) is 17.6. The molecule has 2 N–H and O–H groups in total. The second-order valence-electron chi connectivity index (χ2n) is 5.37. The monoisotopic (exact) mass is 349 g/mol. The molecule has 0 bridgehead atoms. The Morgan fingerprint density at radius 2 is 1.91 bits per heavy atom. The van der Waals surface area contributed by atoms with E-state index in [0.29, 0.717) is 10.1 Å². The molecule has 4 nitrogen and oxygen atoms in total. The Morgan fingerprint density at radius 3 is 2.52 bits per heavy atom. The number of benzene rings is 1. The van der Waals surface area contributed by atoms with Gasteiger partial charge in [-0.25, -0.2) is 4.79 Å². The highest BCUT2D eigenvalue weighted by molar-refractivity contribution is 7.99. The number of carbonyl (C=O) groups is 2. The molecule has 1 aromatic carbocycles. The highest BCUT2D eigenvalue weighted by atomic mass is 32.2. The van der Waals surface area contributed by atoms with Crippen molar-refractivity contribution < 1.29 is 14.7 Å². The SMILES string of the molecule is Cc1c(CSC(C)C)cccc1NC(=O)c1ccc(C(=O)O)s1. The molecule has 0 saturated carbocycles. The summed E-state index contributed by atoms with van der Waals surface area (Å²) in [5.41, 5.74) is 3.00. The van der Waals surface area contributed by atoms with Crippen molar-refractivity contribution in [3.8, 4) is 0 Å². The lowest BCUT2D eigenvalue weighted by Gasteiger charge is -2.13. The molecule has 1 amide bonds. The van der Waals surface area contributed by atoms with Gasteiger partial charge in [0.2, 0.25) is 0 Å². The first-order valence-electron chi connectivity index (χ1n) is 7.23. The lowest BCUT2D eigenvalue weighted by atomic mass is 10.1. The Labute approximate surface area is 143 Å². The second-order valence-corrected chi connectivity index (χ2v) is 8.02. The molecule has 122 valence electrons. The maximum atomic E-state index is 12.3. The highest BCUT2D eigenvalue weighted by Crippen LogP contribution is 2.26.